The predicted molar refractivity (Wildman–Crippen MR) is 122 cm³/mol. The van der Waals surface area contributed by atoms with Crippen LogP contribution in [0.4, 0.5) is 0 Å². The molecule has 0 aliphatic heterocycles. The van der Waals surface area contributed by atoms with Crippen LogP contribution in [0.15, 0.2) is 48.5 Å². The maximum Gasteiger partial charge on any atom is 0.358 e. The van der Waals surface area contributed by atoms with E-state index < -0.39 is 5.97 Å². The summed E-state index contributed by atoms with van der Waals surface area (Å²) in [6, 6.07) is 13.8. The van der Waals surface area contributed by atoms with Crippen molar-refractivity contribution in [3.63, 3.8) is 0 Å². The second kappa shape index (κ2) is 9.98. The molecule has 0 N–H and O–H groups in total. The topological polar surface area (TPSA) is 64.4 Å². The fourth-order valence-corrected chi connectivity index (χ4v) is 3.72. The third-order valence-corrected chi connectivity index (χ3v) is 5.36. The summed E-state index contributed by atoms with van der Waals surface area (Å²) in [7, 11) is 0. The van der Waals surface area contributed by atoms with E-state index in [4.69, 9.17) is 27.9 Å². The molecule has 8 heteroatoms. The van der Waals surface area contributed by atoms with Gasteiger partial charge in [0.15, 0.2) is 5.69 Å². The smallest absolute Gasteiger partial charge is 0.358 e. The standard InChI is InChI=1S/C23H23Cl2N3O3/c1-4-27(5-2)22(29)15-7-10-17(11-8-15)28-21(14-20(26-28)23(30)31-6-3)18-12-9-16(24)13-19(18)25/h7-14H,4-6H2,1-3H3. The SMILES string of the molecule is CCOC(=O)c1cc(-c2ccc(Cl)cc2Cl)n(-c2ccc(C(=O)N(CC)CC)cc2)n1. The lowest BCUT2D eigenvalue weighted by Gasteiger charge is -2.18. The highest BCUT2D eigenvalue weighted by Crippen LogP contribution is 2.32. The number of amides is 1. The van der Waals surface area contributed by atoms with Gasteiger partial charge in [0.2, 0.25) is 0 Å². The normalized spacial score (nSPS) is 10.7. The molecule has 0 radical (unpaired) electrons. The number of carbonyl (C=O) groups excluding carboxylic acids is 2. The average molecular weight is 460 g/mol. The third kappa shape index (κ3) is 4.92. The zero-order valence-electron chi connectivity index (χ0n) is 17.6. The van der Waals surface area contributed by atoms with E-state index in [1.807, 2.05) is 13.8 Å². The molecule has 1 aromatic heterocycles. The molecule has 1 heterocycles. The third-order valence-electron chi connectivity index (χ3n) is 4.81. The van der Waals surface area contributed by atoms with Crippen molar-refractivity contribution < 1.29 is 14.3 Å². The fourth-order valence-electron chi connectivity index (χ4n) is 3.21. The molecule has 1 amide bonds. The Balaban J connectivity index is 2.07. The van der Waals surface area contributed by atoms with Gasteiger partial charge >= 0.3 is 5.97 Å². The van der Waals surface area contributed by atoms with Gasteiger partial charge in [0.05, 0.1) is 23.0 Å². The van der Waals surface area contributed by atoms with Crippen LogP contribution in [0.5, 0.6) is 0 Å². The fraction of sp³-hybridized carbons (Fsp3) is 0.261. The van der Waals surface area contributed by atoms with Crippen LogP contribution in [0.1, 0.15) is 41.6 Å². The number of rotatable bonds is 7. The molecule has 0 fully saturated rings. The summed E-state index contributed by atoms with van der Waals surface area (Å²) in [5.41, 5.74) is 2.68. The van der Waals surface area contributed by atoms with Crippen molar-refractivity contribution in [2.24, 2.45) is 0 Å². The second-order valence-corrected chi connectivity index (χ2v) is 7.54. The highest BCUT2D eigenvalue weighted by Gasteiger charge is 2.20. The number of carbonyl (C=O) groups is 2. The van der Waals surface area contributed by atoms with Gasteiger partial charge in [-0.25, -0.2) is 9.48 Å². The average Bonchev–Trinajstić information content (AvgIpc) is 3.20. The number of aromatic nitrogens is 2. The Morgan fingerprint density at radius 3 is 2.26 bits per heavy atom. The van der Waals surface area contributed by atoms with E-state index in [1.165, 1.54) is 0 Å². The maximum absolute atomic E-state index is 12.6. The highest BCUT2D eigenvalue weighted by atomic mass is 35.5. The van der Waals surface area contributed by atoms with E-state index in [9.17, 15) is 9.59 Å². The van der Waals surface area contributed by atoms with Gasteiger partial charge in [-0.05, 0) is 69.3 Å². The molecule has 162 valence electrons. The number of esters is 1. The predicted octanol–water partition coefficient (Wildman–Crippen LogP) is 5.50. The molecule has 31 heavy (non-hydrogen) atoms. The molecule has 0 saturated carbocycles. The molecular formula is C23H23Cl2N3O3. The van der Waals surface area contributed by atoms with Crippen LogP contribution in [0.25, 0.3) is 16.9 Å². The molecular weight excluding hydrogens is 437 g/mol. The van der Waals surface area contributed by atoms with Gasteiger partial charge in [0.1, 0.15) is 0 Å². The minimum Gasteiger partial charge on any atom is -0.461 e. The molecule has 2 aromatic carbocycles. The van der Waals surface area contributed by atoms with Crippen LogP contribution in [-0.4, -0.2) is 46.3 Å². The molecule has 6 nitrogen and oxygen atoms in total. The van der Waals surface area contributed by atoms with Crippen LogP contribution in [0, 0.1) is 0 Å². The molecule has 3 rings (SSSR count). The second-order valence-electron chi connectivity index (χ2n) is 6.70. The van der Waals surface area contributed by atoms with Crippen LogP contribution >= 0.6 is 23.2 Å². The van der Waals surface area contributed by atoms with Crippen LogP contribution in [-0.2, 0) is 4.74 Å². The number of halogens is 2. The Bertz CT molecular complexity index is 1090. The lowest BCUT2D eigenvalue weighted by atomic mass is 10.1. The molecule has 0 spiro atoms. The first-order chi connectivity index (χ1) is 14.9. The van der Waals surface area contributed by atoms with Gasteiger partial charge in [0, 0.05) is 29.2 Å². The molecule has 0 bridgehead atoms. The van der Waals surface area contributed by atoms with E-state index in [0.29, 0.717) is 45.6 Å². The number of benzene rings is 2. The van der Waals surface area contributed by atoms with Crippen molar-refractivity contribution in [2.45, 2.75) is 20.8 Å². The van der Waals surface area contributed by atoms with Gasteiger partial charge in [-0.1, -0.05) is 23.2 Å². The molecule has 0 aliphatic rings. The summed E-state index contributed by atoms with van der Waals surface area (Å²) in [6.07, 6.45) is 0. The summed E-state index contributed by atoms with van der Waals surface area (Å²) >= 11 is 12.5. The van der Waals surface area contributed by atoms with Crippen molar-refractivity contribution in [1.29, 1.82) is 0 Å². The summed E-state index contributed by atoms with van der Waals surface area (Å²) in [5.74, 6) is -0.564. The van der Waals surface area contributed by atoms with E-state index in [1.54, 1.807) is 65.0 Å². The largest absolute Gasteiger partial charge is 0.461 e. The first kappa shape index (κ1) is 22.8. The van der Waals surface area contributed by atoms with E-state index in [0.717, 1.165) is 0 Å². The molecule has 0 atom stereocenters. The first-order valence-electron chi connectivity index (χ1n) is 10.0. The van der Waals surface area contributed by atoms with Gasteiger partial charge in [-0.3, -0.25) is 4.79 Å². The van der Waals surface area contributed by atoms with Crippen molar-refractivity contribution >= 4 is 35.1 Å². The highest BCUT2D eigenvalue weighted by molar-refractivity contribution is 6.36. The minimum absolute atomic E-state index is 0.0369. The molecule has 3 aromatic rings. The summed E-state index contributed by atoms with van der Waals surface area (Å²) in [4.78, 5) is 26.6. The molecule has 0 saturated heterocycles. The van der Waals surface area contributed by atoms with Crippen LogP contribution < -0.4 is 0 Å². The van der Waals surface area contributed by atoms with Gasteiger partial charge in [0.25, 0.3) is 5.91 Å². The summed E-state index contributed by atoms with van der Waals surface area (Å²) in [6.45, 7) is 7.14. The summed E-state index contributed by atoms with van der Waals surface area (Å²) in [5, 5.41) is 5.37. The monoisotopic (exact) mass is 459 g/mol. The Morgan fingerprint density at radius 1 is 1.00 bits per heavy atom. The Morgan fingerprint density at radius 2 is 1.68 bits per heavy atom. The molecule has 0 aliphatic carbocycles. The van der Waals surface area contributed by atoms with E-state index in [-0.39, 0.29) is 18.2 Å². The van der Waals surface area contributed by atoms with Crippen molar-refractivity contribution in [1.82, 2.24) is 14.7 Å². The number of hydrogen-bond acceptors (Lipinski definition) is 4. The van der Waals surface area contributed by atoms with Crippen LogP contribution in [0.3, 0.4) is 0 Å². The first-order valence-corrected chi connectivity index (χ1v) is 10.8. The number of ether oxygens (including phenoxy) is 1. The van der Waals surface area contributed by atoms with E-state index in [2.05, 4.69) is 5.10 Å². The summed E-state index contributed by atoms with van der Waals surface area (Å²) < 4.78 is 6.70. The Kier molecular flexibility index (Phi) is 7.36. The van der Waals surface area contributed by atoms with Crippen molar-refractivity contribution in [3.8, 4) is 16.9 Å². The van der Waals surface area contributed by atoms with Gasteiger partial charge < -0.3 is 9.64 Å². The zero-order chi connectivity index (χ0) is 22.5. The Hall–Kier alpha value is -2.83. The lowest BCUT2D eigenvalue weighted by Crippen LogP contribution is -2.30. The Labute approximate surface area is 191 Å². The zero-order valence-corrected chi connectivity index (χ0v) is 19.1. The van der Waals surface area contributed by atoms with Crippen molar-refractivity contribution in [2.75, 3.05) is 19.7 Å². The van der Waals surface area contributed by atoms with Crippen molar-refractivity contribution in [3.05, 3.63) is 69.8 Å². The molecule has 0 unspecified atom stereocenters. The van der Waals surface area contributed by atoms with E-state index >= 15 is 0 Å². The lowest BCUT2D eigenvalue weighted by molar-refractivity contribution is 0.0518. The van der Waals surface area contributed by atoms with Gasteiger partial charge in [-0.15, -0.1) is 0 Å². The quantitative estimate of drug-likeness (QED) is 0.437. The van der Waals surface area contributed by atoms with Crippen LogP contribution in [0.2, 0.25) is 10.0 Å². The maximum atomic E-state index is 12.6. The number of nitrogens with zero attached hydrogens (tertiary/aromatic N) is 3. The minimum atomic E-state index is -0.527. The van der Waals surface area contributed by atoms with Gasteiger partial charge in [-0.2, -0.15) is 5.10 Å². The number of hydrogen-bond donors (Lipinski definition) is 0.